The first kappa shape index (κ1) is 14.9. The van der Waals surface area contributed by atoms with Crippen LogP contribution in [0.5, 0.6) is 0 Å². The molecule has 0 unspecified atom stereocenters. The summed E-state index contributed by atoms with van der Waals surface area (Å²) in [5, 5.41) is 11.3. The van der Waals surface area contributed by atoms with Crippen molar-refractivity contribution in [1.29, 1.82) is 0 Å². The van der Waals surface area contributed by atoms with Crippen molar-refractivity contribution in [3.63, 3.8) is 0 Å². The molecular formula is C15H20N4O3. The molecule has 1 amide bonds. The van der Waals surface area contributed by atoms with Crippen LogP contribution in [-0.2, 0) is 9.47 Å². The molecule has 7 heteroatoms. The highest BCUT2D eigenvalue weighted by molar-refractivity contribution is 5.94. The van der Waals surface area contributed by atoms with Crippen molar-refractivity contribution in [2.45, 2.75) is 18.8 Å². The number of amides is 1. The summed E-state index contributed by atoms with van der Waals surface area (Å²) in [6, 6.07) is 3.58. The molecule has 1 saturated heterocycles. The molecule has 1 fully saturated rings. The van der Waals surface area contributed by atoms with E-state index in [0.717, 1.165) is 37.5 Å². The summed E-state index contributed by atoms with van der Waals surface area (Å²) in [6.45, 7) is 2.48. The Morgan fingerprint density at radius 1 is 1.41 bits per heavy atom. The monoisotopic (exact) mass is 304 g/mol. The molecule has 0 saturated carbocycles. The van der Waals surface area contributed by atoms with Crippen LogP contribution in [0, 0.1) is 0 Å². The third kappa shape index (κ3) is 3.10. The van der Waals surface area contributed by atoms with Crippen LogP contribution in [0.15, 0.2) is 18.3 Å². The van der Waals surface area contributed by atoms with Gasteiger partial charge < -0.3 is 14.8 Å². The van der Waals surface area contributed by atoms with E-state index >= 15 is 0 Å². The smallest absolute Gasteiger partial charge is 0.252 e. The summed E-state index contributed by atoms with van der Waals surface area (Å²) >= 11 is 0. The zero-order valence-electron chi connectivity index (χ0n) is 12.6. The number of fused-ring (bicyclic) bond motifs is 1. The summed E-state index contributed by atoms with van der Waals surface area (Å²) in [6.07, 6.45) is 3.68. The van der Waals surface area contributed by atoms with Crippen LogP contribution >= 0.6 is 0 Å². The number of hydrogen-bond donors (Lipinski definition) is 1. The minimum atomic E-state index is -0.120. The molecule has 3 heterocycles. The van der Waals surface area contributed by atoms with Gasteiger partial charge in [-0.1, -0.05) is 0 Å². The second-order valence-electron chi connectivity index (χ2n) is 5.34. The number of carbonyl (C=O) groups is 1. The lowest BCUT2D eigenvalue weighted by molar-refractivity contribution is 0.0833. The molecule has 0 spiro atoms. The van der Waals surface area contributed by atoms with Crippen LogP contribution in [0.3, 0.4) is 0 Å². The van der Waals surface area contributed by atoms with Crippen molar-refractivity contribution in [2.24, 2.45) is 0 Å². The first-order valence-corrected chi connectivity index (χ1v) is 7.49. The average molecular weight is 304 g/mol. The summed E-state index contributed by atoms with van der Waals surface area (Å²) < 4.78 is 12.2. The minimum absolute atomic E-state index is 0.120. The maximum Gasteiger partial charge on any atom is 0.252 e. The number of ether oxygens (including phenoxy) is 2. The fourth-order valence-corrected chi connectivity index (χ4v) is 2.65. The summed E-state index contributed by atoms with van der Waals surface area (Å²) in [5.74, 6) is 1.12. The van der Waals surface area contributed by atoms with Crippen LogP contribution < -0.4 is 5.32 Å². The van der Waals surface area contributed by atoms with E-state index in [1.807, 2.05) is 16.7 Å². The van der Waals surface area contributed by atoms with Gasteiger partial charge in [-0.3, -0.25) is 9.20 Å². The van der Waals surface area contributed by atoms with Gasteiger partial charge in [-0.25, -0.2) is 0 Å². The number of nitrogens with one attached hydrogen (secondary N) is 1. The molecule has 22 heavy (non-hydrogen) atoms. The largest absolute Gasteiger partial charge is 0.383 e. The van der Waals surface area contributed by atoms with E-state index in [4.69, 9.17) is 9.47 Å². The van der Waals surface area contributed by atoms with Crippen molar-refractivity contribution in [1.82, 2.24) is 19.9 Å². The fourth-order valence-electron chi connectivity index (χ4n) is 2.65. The lowest BCUT2D eigenvalue weighted by atomic mass is 9.99. The van der Waals surface area contributed by atoms with Gasteiger partial charge in [-0.05, 0) is 25.0 Å². The number of hydrogen-bond acceptors (Lipinski definition) is 5. The highest BCUT2D eigenvalue weighted by atomic mass is 16.5. The molecule has 0 atom stereocenters. The van der Waals surface area contributed by atoms with Crippen molar-refractivity contribution in [3.8, 4) is 0 Å². The molecule has 0 aliphatic carbocycles. The molecule has 2 aromatic rings. The predicted molar refractivity (Wildman–Crippen MR) is 80.0 cm³/mol. The van der Waals surface area contributed by atoms with Gasteiger partial charge in [0.25, 0.3) is 5.91 Å². The van der Waals surface area contributed by atoms with Gasteiger partial charge in [0.2, 0.25) is 0 Å². The third-order valence-electron chi connectivity index (χ3n) is 3.87. The standard InChI is InChI=1S/C15H20N4O3/c1-21-9-6-16-15(20)12-2-3-13-17-18-14(19(13)10-12)11-4-7-22-8-5-11/h2-3,10-11H,4-9H2,1H3,(H,16,20). The molecule has 0 bridgehead atoms. The van der Waals surface area contributed by atoms with Gasteiger partial charge in [0, 0.05) is 39.0 Å². The predicted octanol–water partition coefficient (Wildman–Crippen LogP) is 0.999. The quantitative estimate of drug-likeness (QED) is 0.834. The van der Waals surface area contributed by atoms with Gasteiger partial charge in [-0.2, -0.15) is 0 Å². The molecule has 1 aliphatic heterocycles. The molecular weight excluding hydrogens is 284 g/mol. The number of carbonyl (C=O) groups excluding carboxylic acids is 1. The third-order valence-corrected chi connectivity index (χ3v) is 3.87. The van der Waals surface area contributed by atoms with E-state index in [-0.39, 0.29) is 5.91 Å². The molecule has 0 radical (unpaired) electrons. The van der Waals surface area contributed by atoms with Crippen molar-refractivity contribution in [3.05, 3.63) is 29.7 Å². The summed E-state index contributed by atoms with van der Waals surface area (Å²) in [5.41, 5.74) is 1.35. The average Bonchev–Trinajstić information content (AvgIpc) is 2.99. The van der Waals surface area contributed by atoms with Crippen LogP contribution in [0.1, 0.15) is 34.9 Å². The Morgan fingerprint density at radius 3 is 3.00 bits per heavy atom. The molecule has 2 aromatic heterocycles. The zero-order chi connectivity index (χ0) is 15.4. The van der Waals surface area contributed by atoms with Crippen LogP contribution in [0.4, 0.5) is 0 Å². The van der Waals surface area contributed by atoms with E-state index in [9.17, 15) is 4.79 Å². The molecule has 7 nitrogen and oxygen atoms in total. The highest BCUT2D eigenvalue weighted by Gasteiger charge is 2.21. The summed E-state index contributed by atoms with van der Waals surface area (Å²) in [7, 11) is 1.61. The van der Waals surface area contributed by atoms with Gasteiger partial charge in [-0.15, -0.1) is 10.2 Å². The first-order chi connectivity index (χ1) is 10.8. The maximum absolute atomic E-state index is 12.1. The first-order valence-electron chi connectivity index (χ1n) is 7.49. The van der Waals surface area contributed by atoms with E-state index in [2.05, 4.69) is 15.5 Å². The van der Waals surface area contributed by atoms with E-state index in [0.29, 0.717) is 24.6 Å². The Kier molecular flexibility index (Phi) is 4.65. The SMILES string of the molecule is COCCNC(=O)c1ccc2nnc(C3CCOCC3)n2c1. The Morgan fingerprint density at radius 2 is 2.23 bits per heavy atom. The molecule has 0 aromatic carbocycles. The number of nitrogens with zero attached hydrogens (tertiary/aromatic N) is 3. The second-order valence-corrected chi connectivity index (χ2v) is 5.34. The van der Waals surface area contributed by atoms with Crippen LogP contribution in [0.25, 0.3) is 5.65 Å². The van der Waals surface area contributed by atoms with Gasteiger partial charge in [0.1, 0.15) is 5.82 Å². The lowest BCUT2D eigenvalue weighted by Gasteiger charge is -2.20. The Bertz CT molecular complexity index is 649. The number of methoxy groups -OCH3 is 1. The highest BCUT2D eigenvalue weighted by Crippen LogP contribution is 2.25. The van der Waals surface area contributed by atoms with Gasteiger partial charge >= 0.3 is 0 Å². The fraction of sp³-hybridized carbons (Fsp3) is 0.533. The van der Waals surface area contributed by atoms with Crippen molar-refractivity contribution in [2.75, 3.05) is 33.5 Å². The van der Waals surface area contributed by atoms with Crippen LogP contribution in [-0.4, -0.2) is 54.0 Å². The lowest BCUT2D eigenvalue weighted by Crippen LogP contribution is -2.27. The Labute approximate surface area is 128 Å². The Balaban J connectivity index is 1.83. The Hall–Kier alpha value is -1.99. The minimum Gasteiger partial charge on any atom is -0.383 e. The van der Waals surface area contributed by atoms with E-state index < -0.39 is 0 Å². The van der Waals surface area contributed by atoms with Gasteiger partial charge in [0.15, 0.2) is 5.65 Å². The topological polar surface area (TPSA) is 77.8 Å². The van der Waals surface area contributed by atoms with E-state index in [1.165, 1.54) is 0 Å². The number of rotatable bonds is 5. The van der Waals surface area contributed by atoms with Crippen molar-refractivity contribution < 1.29 is 14.3 Å². The van der Waals surface area contributed by atoms with Gasteiger partial charge in [0.05, 0.1) is 12.2 Å². The van der Waals surface area contributed by atoms with Crippen LogP contribution in [0.2, 0.25) is 0 Å². The second kappa shape index (κ2) is 6.85. The molecule has 3 rings (SSSR count). The zero-order valence-corrected chi connectivity index (χ0v) is 12.6. The maximum atomic E-state index is 12.1. The number of aromatic nitrogens is 3. The number of pyridine rings is 1. The molecule has 118 valence electrons. The molecule has 1 N–H and O–H groups in total. The summed E-state index contributed by atoms with van der Waals surface area (Å²) in [4.78, 5) is 12.1. The molecule has 1 aliphatic rings. The normalized spacial score (nSPS) is 16.0. The van der Waals surface area contributed by atoms with Crippen molar-refractivity contribution >= 4 is 11.6 Å². The van der Waals surface area contributed by atoms with E-state index in [1.54, 1.807) is 13.2 Å².